The van der Waals surface area contributed by atoms with Crippen LogP contribution in [0.5, 0.6) is 0 Å². The van der Waals surface area contributed by atoms with Crippen LogP contribution in [0, 0.1) is 24.7 Å². The van der Waals surface area contributed by atoms with Crippen molar-refractivity contribution in [3.63, 3.8) is 0 Å². The molecule has 4 aromatic carbocycles. The molecule has 168 valence electrons. The van der Waals surface area contributed by atoms with Crippen molar-refractivity contribution in [2.75, 3.05) is 9.80 Å². The summed E-state index contributed by atoms with van der Waals surface area (Å²) in [5, 5.41) is 1.06. The maximum atomic E-state index is 13.3. The highest BCUT2D eigenvalue weighted by atomic mass is 16.2. The number of benzene rings is 4. The summed E-state index contributed by atoms with van der Waals surface area (Å²) in [5.41, 5.74) is 2.66. The normalized spacial score (nSPS) is 14.2. The van der Waals surface area contributed by atoms with Crippen molar-refractivity contribution in [1.29, 1.82) is 0 Å². The van der Waals surface area contributed by atoms with Gasteiger partial charge in [-0.25, -0.2) is 9.80 Å². The van der Waals surface area contributed by atoms with Gasteiger partial charge in [0.05, 0.1) is 33.6 Å². The van der Waals surface area contributed by atoms with Crippen molar-refractivity contribution in [1.82, 2.24) is 0 Å². The van der Waals surface area contributed by atoms with E-state index >= 15 is 0 Å². The highest BCUT2D eigenvalue weighted by Gasteiger charge is 2.39. The Bertz CT molecular complexity index is 1670. The zero-order chi connectivity index (χ0) is 25.1. The number of terminal acetylenes is 2. The zero-order valence-electron chi connectivity index (χ0n) is 18.6. The molecule has 0 aliphatic carbocycles. The molecule has 0 atom stereocenters. The second kappa shape index (κ2) is 7.53. The van der Waals surface area contributed by atoms with Gasteiger partial charge in [-0.15, -0.1) is 12.8 Å². The van der Waals surface area contributed by atoms with Crippen LogP contribution in [0.4, 0.5) is 11.4 Å². The second-order valence-electron chi connectivity index (χ2n) is 8.35. The molecular weight excluding hydrogens is 452 g/mol. The van der Waals surface area contributed by atoms with Crippen molar-refractivity contribution in [2.45, 2.75) is 0 Å². The van der Waals surface area contributed by atoms with Crippen molar-refractivity contribution >= 4 is 45.8 Å². The molecule has 36 heavy (non-hydrogen) atoms. The van der Waals surface area contributed by atoms with Gasteiger partial charge < -0.3 is 0 Å². The predicted molar refractivity (Wildman–Crippen MR) is 135 cm³/mol. The van der Waals surface area contributed by atoms with Gasteiger partial charge in [0.25, 0.3) is 23.6 Å². The summed E-state index contributed by atoms with van der Waals surface area (Å²) in [4.78, 5) is 55.2. The largest absolute Gasteiger partial charge is 0.268 e. The van der Waals surface area contributed by atoms with E-state index in [-0.39, 0.29) is 22.3 Å². The summed E-state index contributed by atoms with van der Waals surface area (Å²) >= 11 is 0. The molecule has 2 aliphatic rings. The van der Waals surface area contributed by atoms with Crippen molar-refractivity contribution in [2.24, 2.45) is 0 Å². The van der Waals surface area contributed by atoms with E-state index in [9.17, 15) is 19.2 Å². The van der Waals surface area contributed by atoms with Crippen molar-refractivity contribution < 1.29 is 19.2 Å². The fourth-order valence-corrected chi connectivity index (χ4v) is 4.77. The molecule has 0 saturated heterocycles. The molecule has 0 fully saturated rings. The van der Waals surface area contributed by atoms with E-state index < -0.39 is 23.6 Å². The number of nitrogens with zero attached hydrogens (tertiary/aromatic N) is 2. The van der Waals surface area contributed by atoms with Gasteiger partial charge in [-0.3, -0.25) is 19.2 Å². The number of rotatable bonds is 2. The standard InChI is InChI=1S/C30H14N2O4/c1-3-17-11-13-21-23(15-17)29(35)31(27(21)33)25-9-5-8-20-19(25)7-6-10-26(20)32-28(34)22-14-12-18(4-2)16-24(22)30(32)36/h1-2,5-16H. The number of anilines is 2. The van der Waals surface area contributed by atoms with Crippen LogP contribution in [0.3, 0.4) is 0 Å². The predicted octanol–water partition coefficient (Wildman–Crippen LogP) is 4.40. The lowest BCUT2D eigenvalue weighted by Gasteiger charge is -2.20. The summed E-state index contributed by atoms with van der Waals surface area (Å²) in [5.74, 6) is 3.02. The maximum absolute atomic E-state index is 13.3. The van der Waals surface area contributed by atoms with Gasteiger partial charge >= 0.3 is 0 Å². The number of amides is 4. The van der Waals surface area contributed by atoms with Gasteiger partial charge in [0.15, 0.2) is 0 Å². The minimum atomic E-state index is -0.493. The Morgan fingerprint density at radius 1 is 0.500 bits per heavy atom. The Labute approximate surface area is 205 Å². The molecule has 2 aliphatic heterocycles. The van der Waals surface area contributed by atoms with Crippen LogP contribution in [-0.2, 0) is 0 Å². The lowest BCUT2D eigenvalue weighted by atomic mass is 10.0. The van der Waals surface area contributed by atoms with E-state index in [1.165, 1.54) is 12.1 Å². The molecule has 0 saturated carbocycles. The number of imide groups is 2. The van der Waals surface area contributed by atoms with Crippen LogP contribution >= 0.6 is 0 Å². The lowest BCUT2D eigenvalue weighted by Crippen LogP contribution is -2.30. The molecule has 0 aromatic heterocycles. The first kappa shape index (κ1) is 21.1. The first-order valence-corrected chi connectivity index (χ1v) is 10.9. The second-order valence-corrected chi connectivity index (χ2v) is 8.35. The smallest absolute Gasteiger partial charge is 0.266 e. The van der Waals surface area contributed by atoms with Gasteiger partial charge in [-0.2, -0.15) is 0 Å². The summed E-state index contributed by atoms with van der Waals surface area (Å²) in [6, 6.07) is 19.5. The van der Waals surface area contributed by atoms with E-state index in [0.717, 1.165) is 9.80 Å². The first-order chi connectivity index (χ1) is 17.4. The summed E-state index contributed by atoms with van der Waals surface area (Å²) in [6.07, 6.45) is 10.9. The minimum Gasteiger partial charge on any atom is -0.268 e. The van der Waals surface area contributed by atoms with Crippen molar-refractivity contribution in [3.05, 3.63) is 106 Å². The molecule has 0 unspecified atom stereocenters. The van der Waals surface area contributed by atoms with Gasteiger partial charge in [-0.1, -0.05) is 36.1 Å². The quantitative estimate of drug-likeness (QED) is 0.324. The highest BCUT2D eigenvalue weighted by Crippen LogP contribution is 2.39. The molecule has 6 rings (SSSR count). The fraction of sp³-hybridized carbons (Fsp3) is 0. The zero-order valence-corrected chi connectivity index (χ0v) is 18.6. The Kier molecular flexibility index (Phi) is 4.41. The van der Waals surface area contributed by atoms with Crippen LogP contribution in [0.1, 0.15) is 52.6 Å². The van der Waals surface area contributed by atoms with E-state index in [0.29, 0.717) is 33.3 Å². The number of hydrogen-bond donors (Lipinski definition) is 0. The molecule has 6 heteroatoms. The van der Waals surface area contributed by atoms with E-state index in [1.807, 2.05) is 0 Å². The monoisotopic (exact) mass is 466 g/mol. The Morgan fingerprint density at radius 2 is 0.889 bits per heavy atom. The molecular formula is C30H14N2O4. The molecule has 6 nitrogen and oxygen atoms in total. The molecule has 2 heterocycles. The molecule has 0 bridgehead atoms. The van der Waals surface area contributed by atoms with Crippen LogP contribution < -0.4 is 9.80 Å². The molecule has 0 radical (unpaired) electrons. The van der Waals surface area contributed by atoms with E-state index in [4.69, 9.17) is 12.8 Å². The average molecular weight is 466 g/mol. The minimum absolute atomic E-state index is 0.230. The Hall–Kier alpha value is -5.46. The Balaban J connectivity index is 1.49. The van der Waals surface area contributed by atoms with Crippen LogP contribution in [0.15, 0.2) is 72.8 Å². The summed E-state index contributed by atoms with van der Waals surface area (Å²) in [6.45, 7) is 0. The van der Waals surface area contributed by atoms with E-state index in [1.54, 1.807) is 60.7 Å². The highest BCUT2D eigenvalue weighted by molar-refractivity contribution is 6.38. The number of carbonyl (C=O) groups excluding carboxylic acids is 4. The molecule has 0 spiro atoms. The lowest BCUT2D eigenvalue weighted by molar-refractivity contribution is 0.0910. The van der Waals surface area contributed by atoms with Gasteiger partial charge in [-0.05, 0) is 48.5 Å². The fourth-order valence-electron chi connectivity index (χ4n) is 4.77. The summed E-state index contributed by atoms with van der Waals surface area (Å²) in [7, 11) is 0. The third-order valence-corrected chi connectivity index (χ3v) is 6.46. The SMILES string of the molecule is C#Cc1ccc2c(c1)C(=O)N(c1cccc3c(N4C(=O)c5ccc(C#C)cc5C4=O)cccc13)C2=O. The van der Waals surface area contributed by atoms with Gasteiger partial charge in [0.2, 0.25) is 0 Å². The average Bonchev–Trinajstić information content (AvgIpc) is 3.31. The van der Waals surface area contributed by atoms with Crippen LogP contribution in [0.25, 0.3) is 10.8 Å². The summed E-state index contributed by atoms with van der Waals surface area (Å²) < 4.78 is 0. The molecule has 4 aromatic rings. The van der Waals surface area contributed by atoms with Crippen LogP contribution in [-0.4, -0.2) is 23.6 Å². The molecule has 0 N–H and O–H groups in total. The number of carbonyl (C=O) groups is 4. The third kappa shape index (κ3) is 2.76. The first-order valence-electron chi connectivity index (χ1n) is 10.9. The third-order valence-electron chi connectivity index (χ3n) is 6.46. The topological polar surface area (TPSA) is 74.8 Å². The van der Waals surface area contributed by atoms with Crippen LogP contribution in [0.2, 0.25) is 0 Å². The maximum Gasteiger partial charge on any atom is 0.266 e. The number of fused-ring (bicyclic) bond motifs is 3. The Morgan fingerprint density at radius 3 is 1.28 bits per heavy atom. The van der Waals surface area contributed by atoms with Crippen molar-refractivity contribution in [3.8, 4) is 24.7 Å². The van der Waals surface area contributed by atoms with Gasteiger partial charge in [0.1, 0.15) is 0 Å². The number of hydrogen-bond acceptors (Lipinski definition) is 4. The van der Waals surface area contributed by atoms with Gasteiger partial charge in [0, 0.05) is 21.9 Å². The van der Waals surface area contributed by atoms with E-state index in [2.05, 4.69) is 11.8 Å². The molecule has 4 amide bonds.